The quantitative estimate of drug-likeness (QED) is 0.391. The number of rotatable bonds is 7. The first-order chi connectivity index (χ1) is 16.7. The molecule has 1 fully saturated rings. The first-order valence-corrected chi connectivity index (χ1v) is 12.0. The van der Waals surface area contributed by atoms with Gasteiger partial charge in [0, 0.05) is 5.56 Å². The number of esters is 1. The highest BCUT2D eigenvalue weighted by Gasteiger charge is 2.52. The molecule has 1 amide bonds. The number of carbonyl (C=O) groups is 2. The van der Waals surface area contributed by atoms with Gasteiger partial charge in [-0.05, 0) is 63.6 Å². The van der Waals surface area contributed by atoms with Crippen LogP contribution in [0.15, 0.2) is 53.1 Å². The van der Waals surface area contributed by atoms with Crippen molar-refractivity contribution in [3.05, 3.63) is 59.8 Å². The second-order valence-electron chi connectivity index (χ2n) is 9.77. The third-order valence-electron chi connectivity index (χ3n) is 6.06. The average Bonchev–Trinajstić information content (AvgIpc) is 3.54. The molecule has 0 unspecified atom stereocenters. The summed E-state index contributed by atoms with van der Waals surface area (Å²) in [5.41, 5.74) is 3.95. The maximum atomic E-state index is 12.4. The van der Waals surface area contributed by atoms with E-state index in [4.69, 9.17) is 14.0 Å². The Balaban J connectivity index is 1.53. The zero-order chi connectivity index (χ0) is 25.2. The molecule has 1 aromatic heterocycles. The molecule has 184 valence electrons. The number of hydrogen-bond acceptors (Lipinski definition) is 6. The van der Waals surface area contributed by atoms with Crippen molar-refractivity contribution in [2.45, 2.75) is 64.9 Å². The fourth-order valence-corrected chi connectivity index (χ4v) is 4.10. The van der Waals surface area contributed by atoms with Crippen molar-refractivity contribution in [2.24, 2.45) is 0 Å². The highest BCUT2D eigenvalue weighted by Crippen LogP contribution is 2.49. The molecule has 2 aromatic carbocycles. The van der Waals surface area contributed by atoms with E-state index in [0.717, 1.165) is 35.1 Å². The summed E-state index contributed by atoms with van der Waals surface area (Å²) in [4.78, 5) is 24.7. The van der Waals surface area contributed by atoms with Crippen LogP contribution >= 0.6 is 0 Å². The second-order valence-corrected chi connectivity index (χ2v) is 9.77. The van der Waals surface area contributed by atoms with Crippen LogP contribution in [0.4, 0.5) is 10.5 Å². The molecule has 0 bridgehead atoms. The molecule has 7 nitrogen and oxygen atoms in total. The Hall–Kier alpha value is -3.61. The zero-order valence-corrected chi connectivity index (χ0v) is 20.9. The van der Waals surface area contributed by atoms with Crippen LogP contribution in [0, 0.1) is 0 Å². The van der Waals surface area contributed by atoms with E-state index in [9.17, 15) is 9.59 Å². The van der Waals surface area contributed by atoms with Crippen molar-refractivity contribution >= 4 is 17.7 Å². The predicted molar refractivity (Wildman–Crippen MR) is 134 cm³/mol. The predicted octanol–water partition coefficient (Wildman–Crippen LogP) is 6.51. The molecule has 35 heavy (non-hydrogen) atoms. The van der Waals surface area contributed by atoms with Crippen molar-refractivity contribution in [2.75, 3.05) is 11.9 Å². The van der Waals surface area contributed by atoms with Crippen LogP contribution in [-0.4, -0.2) is 29.4 Å². The average molecular weight is 477 g/mol. The minimum Gasteiger partial charge on any atom is -0.465 e. The molecule has 0 aliphatic heterocycles. The molecule has 3 aromatic rings. The van der Waals surface area contributed by atoms with Crippen molar-refractivity contribution in [1.29, 1.82) is 0 Å². The Kier molecular flexibility index (Phi) is 6.70. The fraction of sp³-hybridized carbons (Fsp3) is 0.393. The summed E-state index contributed by atoms with van der Waals surface area (Å²) >= 11 is 0. The van der Waals surface area contributed by atoms with Crippen LogP contribution in [0.5, 0.6) is 0 Å². The van der Waals surface area contributed by atoms with Crippen LogP contribution < -0.4 is 5.32 Å². The van der Waals surface area contributed by atoms with E-state index < -0.39 is 17.1 Å². The van der Waals surface area contributed by atoms with Crippen LogP contribution in [0.25, 0.3) is 22.5 Å². The van der Waals surface area contributed by atoms with Gasteiger partial charge in [0.1, 0.15) is 17.0 Å². The lowest BCUT2D eigenvalue weighted by Crippen LogP contribution is -2.27. The van der Waals surface area contributed by atoms with Gasteiger partial charge in [0.05, 0.1) is 12.0 Å². The number of nitrogens with zero attached hydrogens (tertiary/aromatic N) is 1. The standard InChI is InChI=1S/C28H32N2O5/c1-6-22-23(29-26(32)34-27(3,4)5)24(35-30-22)20-10-8-18(9-11-20)19-12-14-21(15-13-19)28(16-17-28)25(31)33-7-2/h8-15H,6-7,16-17H2,1-5H3,(H,29,32). The third-order valence-corrected chi connectivity index (χ3v) is 6.06. The maximum Gasteiger partial charge on any atom is 0.412 e. The van der Waals surface area contributed by atoms with Gasteiger partial charge in [-0.1, -0.05) is 60.6 Å². The lowest BCUT2D eigenvalue weighted by Gasteiger charge is -2.19. The maximum absolute atomic E-state index is 12.4. The number of hydrogen-bond donors (Lipinski definition) is 1. The molecule has 0 atom stereocenters. The minimum absolute atomic E-state index is 0.133. The summed E-state index contributed by atoms with van der Waals surface area (Å²) < 4.78 is 16.3. The molecule has 1 aliphatic rings. The number of ether oxygens (including phenoxy) is 2. The normalized spacial score (nSPS) is 14.3. The Morgan fingerprint density at radius 2 is 1.54 bits per heavy atom. The van der Waals surface area contributed by atoms with Gasteiger partial charge in [-0.15, -0.1) is 0 Å². The smallest absolute Gasteiger partial charge is 0.412 e. The molecule has 1 aliphatic carbocycles. The largest absolute Gasteiger partial charge is 0.465 e. The van der Waals surface area contributed by atoms with Crippen molar-refractivity contribution in [1.82, 2.24) is 5.16 Å². The summed E-state index contributed by atoms with van der Waals surface area (Å²) in [6.07, 6.45) is 1.71. The number of carbonyl (C=O) groups excluding carboxylic acids is 2. The van der Waals surface area contributed by atoms with Crippen LogP contribution in [-0.2, 0) is 26.1 Å². The van der Waals surface area contributed by atoms with Gasteiger partial charge in [0.2, 0.25) is 0 Å². The Bertz CT molecular complexity index is 1200. The molecule has 4 rings (SSSR count). The van der Waals surface area contributed by atoms with Gasteiger partial charge in [-0.25, -0.2) is 4.79 Å². The highest BCUT2D eigenvalue weighted by molar-refractivity contribution is 5.91. The summed E-state index contributed by atoms with van der Waals surface area (Å²) in [6.45, 7) is 9.61. The van der Waals surface area contributed by atoms with Gasteiger partial charge in [0.25, 0.3) is 0 Å². The zero-order valence-electron chi connectivity index (χ0n) is 20.9. The summed E-state index contributed by atoms with van der Waals surface area (Å²) in [6, 6.07) is 15.9. The van der Waals surface area contributed by atoms with Crippen molar-refractivity contribution in [3.8, 4) is 22.5 Å². The van der Waals surface area contributed by atoms with Crippen molar-refractivity contribution in [3.63, 3.8) is 0 Å². The van der Waals surface area contributed by atoms with E-state index in [1.807, 2.05) is 83.1 Å². The first kappa shape index (κ1) is 24.5. The van der Waals surface area contributed by atoms with Crippen molar-refractivity contribution < 1.29 is 23.6 Å². The van der Waals surface area contributed by atoms with Gasteiger partial charge in [0.15, 0.2) is 5.76 Å². The minimum atomic E-state index is -0.611. The number of aryl methyl sites for hydroxylation is 1. The van der Waals surface area contributed by atoms with Crippen LogP contribution in [0.2, 0.25) is 0 Å². The summed E-state index contributed by atoms with van der Waals surface area (Å²) in [5.74, 6) is 0.353. The molecule has 0 radical (unpaired) electrons. The second kappa shape index (κ2) is 9.56. The van der Waals surface area contributed by atoms with Crippen LogP contribution in [0.1, 0.15) is 58.7 Å². The number of anilines is 1. The Labute approximate surface area is 205 Å². The topological polar surface area (TPSA) is 90.7 Å². The Morgan fingerprint density at radius 3 is 2.06 bits per heavy atom. The van der Waals surface area contributed by atoms with Gasteiger partial charge >= 0.3 is 12.1 Å². The lowest BCUT2D eigenvalue weighted by molar-refractivity contribution is -0.146. The molecular formula is C28H32N2O5. The summed E-state index contributed by atoms with van der Waals surface area (Å²) in [5, 5.41) is 6.92. The molecule has 1 N–H and O–H groups in total. The van der Waals surface area contributed by atoms with E-state index in [1.54, 1.807) is 0 Å². The molecule has 1 saturated carbocycles. The molecule has 0 saturated heterocycles. The number of amides is 1. The number of benzene rings is 2. The molecule has 1 heterocycles. The molecular weight excluding hydrogens is 444 g/mol. The number of aromatic nitrogens is 1. The summed E-state index contributed by atoms with van der Waals surface area (Å²) in [7, 11) is 0. The monoisotopic (exact) mass is 476 g/mol. The van der Waals surface area contributed by atoms with E-state index in [1.165, 1.54) is 0 Å². The van der Waals surface area contributed by atoms with Crippen LogP contribution in [0.3, 0.4) is 0 Å². The van der Waals surface area contributed by atoms with E-state index in [-0.39, 0.29) is 5.97 Å². The van der Waals surface area contributed by atoms with E-state index in [2.05, 4.69) is 10.5 Å². The SMILES string of the molecule is CCOC(=O)C1(c2ccc(-c3ccc(-c4onc(CC)c4NC(=O)OC(C)(C)C)cc3)cc2)CC1. The third kappa shape index (κ3) is 5.24. The Morgan fingerprint density at radius 1 is 0.971 bits per heavy atom. The fourth-order valence-electron chi connectivity index (χ4n) is 4.10. The van der Waals surface area contributed by atoms with E-state index in [0.29, 0.717) is 30.2 Å². The van der Waals surface area contributed by atoms with Gasteiger partial charge in [-0.3, -0.25) is 10.1 Å². The van der Waals surface area contributed by atoms with Gasteiger partial charge < -0.3 is 14.0 Å². The molecule has 7 heteroatoms. The lowest BCUT2D eigenvalue weighted by atomic mass is 9.93. The number of nitrogens with one attached hydrogen (secondary N) is 1. The van der Waals surface area contributed by atoms with Gasteiger partial charge in [-0.2, -0.15) is 0 Å². The first-order valence-electron chi connectivity index (χ1n) is 12.0. The highest BCUT2D eigenvalue weighted by atomic mass is 16.6. The van der Waals surface area contributed by atoms with E-state index >= 15 is 0 Å². The molecule has 0 spiro atoms.